The van der Waals surface area contributed by atoms with Crippen molar-refractivity contribution in [3.8, 4) is 17.4 Å². The van der Waals surface area contributed by atoms with Crippen LogP contribution in [0.25, 0.3) is 11.0 Å². The normalized spacial score (nSPS) is 11.5. The average molecular weight is 459 g/mol. The lowest BCUT2D eigenvalue weighted by Gasteiger charge is -2.14. The summed E-state index contributed by atoms with van der Waals surface area (Å²) in [5.41, 5.74) is 1.73. The lowest BCUT2D eigenvalue weighted by atomic mass is 10.1. The Morgan fingerprint density at radius 3 is 2.53 bits per heavy atom. The molecule has 1 N–H and O–H groups in total. The van der Waals surface area contributed by atoms with Gasteiger partial charge in [0, 0.05) is 24.2 Å². The summed E-state index contributed by atoms with van der Waals surface area (Å²) in [4.78, 5) is 3.89. The summed E-state index contributed by atoms with van der Waals surface area (Å²) >= 11 is 0. The number of benzene rings is 1. The van der Waals surface area contributed by atoms with Crippen molar-refractivity contribution in [3.63, 3.8) is 0 Å². The van der Waals surface area contributed by atoms with Gasteiger partial charge in [0.25, 0.3) is 10.0 Å². The van der Waals surface area contributed by atoms with Crippen molar-refractivity contribution >= 4 is 26.8 Å². The maximum atomic E-state index is 13.2. The van der Waals surface area contributed by atoms with Crippen LogP contribution in [0.15, 0.2) is 46.1 Å². The number of hydrogen-bond acceptors (Lipinski definition) is 9. The molecule has 0 saturated heterocycles. The van der Waals surface area contributed by atoms with Gasteiger partial charge in [0.05, 0.1) is 27.9 Å². The summed E-state index contributed by atoms with van der Waals surface area (Å²) in [6.07, 6.45) is 3.51. The number of methoxy groups -OCH3 is 3. The third-order valence-corrected chi connectivity index (χ3v) is 6.05. The lowest BCUT2D eigenvalue weighted by molar-refractivity contribution is 0.360. The van der Waals surface area contributed by atoms with Gasteiger partial charge in [-0.15, -0.1) is 0 Å². The van der Waals surface area contributed by atoms with E-state index in [2.05, 4.69) is 20.0 Å². The van der Waals surface area contributed by atoms with Gasteiger partial charge < -0.3 is 18.7 Å². The second-order valence-corrected chi connectivity index (χ2v) is 8.44. The Labute approximate surface area is 183 Å². The molecule has 0 aliphatic heterocycles. The van der Waals surface area contributed by atoms with Crippen molar-refractivity contribution in [2.75, 3.05) is 26.1 Å². The molecule has 0 unspecified atom stereocenters. The Bertz CT molecular complexity index is 1340. The number of aryl methyl sites for hydroxylation is 1. The van der Waals surface area contributed by atoms with Crippen LogP contribution in [0.2, 0.25) is 0 Å². The van der Waals surface area contributed by atoms with Crippen LogP contribution in [0.3, 0.4) is 0 Å². The van der Waals surface area contributed by atoms with E-state index in [-0.39, 0.29) is 22.3 Å². The second-order valence-electron chi connectivity index (χ2n) is 6.82. The van der Waals surface area contributed by atoms with Crippen LogP contribution in [0.5, 0.6) is 17.4 Å². The zero-order chi connectivity index (χ0) is 22.9. The van der Waals surface area contributed by atoms with Gasteiger partial charge in [0.1, 0.15) is 16.9 Å². The highest BCUT2D eigenvalue weighted by Gasteiger charge is 2.29. The molecule has 0 aliphatic rings. The van der Waals surface area contributed by atoms with E-state index in [0.717, 1.165) is 5.56 Å². The molecule has 3 aromatic heterocycles. The van der Waals surface area contributed by atoms with Crippen molar-refractivity contribution in [2.45, 2.75) is 18.4 Å². The second kappa shape index (κ2) is 8.38. The van der Waals surface area contributed by atoms with Crippen LogP contribution in [0.1, 0.15) is 11.3 Å². The molecular weight excluding hydrogens is 438 g/mol. The molecular formula is C20H21N5O6S. The van der Waals surface area contributed by atoms with Crippen LogP contribution < -0.4 is 18.9 Å². The Balaban J connectivity index is 1.77. The topological polar surface area (TPSA) is 131 Å². The number of ether oxygens (including phenoxy) is 3. The maximum Gasteiger partial charge on any atom is 0.272 e. The largest absolute Gasteiger partial charge is 0.496 e. The predicted molar refractivity (Wildman–Crippen MR) is 115 cm³/mol. The number of aromatic nitrogens is 4. The smallest absolute Gasteiger partial charge is 0.272 e. The molecule has 168 valence electrons. The number of fused-ring (bicyclic) bond motifs is 1. The number of sulfonamides is 1. The third-order valence-electron chi connectivity index (χ3n) is 4.67. The van der Waals surface area contributed by atoms with Crippen LogP contribution in [-0.2, 0) is 16.6 Å². The van der Waals surface area contributed by atoms with Crippen molar-refractivity contribution in [2.24, 2.45) is 0 Å². The first-order chi connectivity index (χ1) is 15.4. The van der Waals surface area contributed by atoms with Crippen molar-refractivity contribution < 1.29 is 27.2 Å². The lowest BCUT2D eigenvalue weighted by Crippen LogP contribution is -2.16. The first-order valence-corrected chi connectivity index (χ1v) is 10.9. The molecule has 0 saturated carbocycles. The zero-order valence-corrected chi connectivity index (χ0v) is 18.6. The summed E-state index contributed by atoms with van der Waals surface area (Å²) in [6.45, 7) is 2.18. The number of nitrogens with one attached hydrogen (secondary N) is 1. The highest BCUT2D eigenvalue weighted by molar-refractivity contribution is 7.93. The van der Waals surface area contributed by atoms with E-state index in [1.54, 1.807) is 29.9 Å². The molecule has 1 aromatic carbocycles. The predicted octanol–water partition coefficient (Wildman–Crippen LogP) is 2.60. The molecule has 0 bridgehead atoms. The van der Waals surface area contributed by atoms with Crippen molar-refractivity contribution in [1.29, 1.82) is 0 Å². The molecule has 32 heavy (non-hydrogen) atoms. The fourth-order valence-electron chi connectivity index (χ4n) is 3.31. The number of hydrogen-bond donors (Lipinski definition) is 1. The minimum Gasteiger partial charge on any atom is -0.496 e. The molecule has 0 radical (unpaired) electrons. The highest BCUT2D eigenvalue weighted by Crippen LogP contribution is 2.37. The van der Waals surface area contributed by atoms with E-state index >= 15 is 0 Å². The van der Waals surface area contributed by atoms with Gasteiger partial charge >= 0.3 is 0 Å². The molecule has 0 spiro atoms. The van der Waals surface area contributed by atoms with Gasteiger partial charge in [-0.25, -0.2) is 13.4 Å². The van der Waals surface area contributed by atoms with Gasteiger partial charge in [-0.2, -0.15) is 5.10 Å². The molecule has 4 aromatic rings. The van der Waals surface area contributed by atoms with Gasteiger partial charge in [0.15, 0.2) is 16.3 Å². The molecule has 11 nitrogen and oxygen atoms in total. The van der Waals surface area contributed by atoms with Crippen LogP contribution >= 0.6 is 0 Å². The summed E-state index contributed by atoms with van der Waals surface area (Å²) in [5.74, 6) is 0.343. The minimum absolute atomic E-state index is 0.0350. The Hall–Kier alpha value is -3.80. The number of pyridine rings is 1. The molecule has 0 atom stereocenters. The molecule has 3 heterocycles. The fourth-order valence-corrected chi connectivity index (χ4v) is 4.57. The minimum atomic E-state index is -4.21. The standard InChI is InChI=1S/C20H21N5O6S/c1-12-8-16(29-3)18(20(22-12)30-4)32(26,27)24-19-17-14(28-2)9-13(10-15(17)31-23-19)11-25-7-5-6-21-25/h5-10H,11H2,1-4H3,(H,23,24). The average Bonchev–Trinajstić information content (AvgIpc) is 3.42. The highest BCUT2D eigenvalue weighted by atomic mass is 32.2. The van der Waals surface area contributed by atoms with E-state index in [4.69, 9.17) is 18.7 Å². The zero-order valence-electron chi connectivity index (χ0n) is 17.8. The van der Waals surface area contributed by atoms with E-state index in [0.29, 0.717) is 29.0 Å². The fraction of sp³-hybridized carbons (Fsp3) is 0.250. The number of rotatable bonds is 8. The maximum absolute atomic E-state index is 13.2. The van der Waals surface area contributed by atoms with E-state index in [1.807, 2.05) is 12.3 Å². The quantitative estimate of drug-likeness (QED) is 0.422. The number of anilines is 1. The van der Waals surface area contributed by atoms with Crippen LogP contribution in [-0.4, -0.2) is 49.7 Å². The van der Waals surface area contributed by atoms with Crippen LogP contribution in [0, 0.1) is 6.92 Å². The molecule has 4 rings (SSSR count). The Kier molecular flexibility index (Phi) is 5.61. The van der Waals surface area contributed by atoms with Gasteiger partial charge in [-0.1, -0.05) is 5.16 Å². The first kappa shape index (κ1) is 21.4. The van der Waals surface area contributed by atoms with Gasteiger partial charge in [0.2, 0.25) is 5.88 Å². The van der Waals surface area contributed by atoms with E-state index in [1.165, 1.54) is 27.4 Å². The Morgan fingerprint density at radius 2 is 1.88 bits per heavy atom. The Morgan fingerprint density at radius 1 is 1.09 bits per heavy atom. The van der Waals surface area contributed by atoms with Gasteiger partial charge in [-0.05, 0) is 30.7 Å². The third kappa shape index (κ3) is 3.91. The van der Waals surface area contributed by atoms with E-state index in [9.17, 15) is 8.42 Å². The van der Waals surface area contributed by atoms with E-state index < -0.39 is 10.0 Å². The summed E-state index contributed by atoms with van der Waals surface area (Å²) < 4.78 is 52.0. The summed E-state index contributed by atoms with van der Waals surface area (Å²) in [7, 11) is -0.0347. The number of nitrogens with zero attached hydrogens (tertiary/aromatic N) is 4. The monoisotopic (exact) mass is 459 g/mol. The van der Waals surface area contributed by atoms with Crippen molar-refractivity contribution in [3.05, 3.63) is 47.9 Å². The van der Waals surface area contributed by atoms with Gasteiger partial charge in [-0.3, -0.25) is 9.40 Å². The summed E-state index contributed by atoms with van der Waals surface area (Å²) in [5, 5.41) is 8.47. The first-order valence-electron chi connectivity index (χ1n) is 9.42. The molecule has 0 fully saturated rings. The molecule has 0 amide bonds. The van der Waals surface area contributed by atoms with Crippen LogP contribution in [0.4, 0.5) is 5.82 Å². The summed E-state index contributed by atoms with van der Waals surface area (Å²) in [6, 6.07) is 6.84. The van der Waals surface area contributed by atoms with Crippen molar-refractivity contribution in [1.82, 2.24) is 19.9 Å². The molecule has 0 aliphatic carbocycles. The molecule has 12 heteroatoms. The SMILES string of the molecule is COc1cc(C)nc(OC)c1S(=O)(=O)Nc1noc2cc(Cn3cccn3)cc(OC)c12.